The van der Waals surface area contributed by atoms with Crippen LogP contribution >= 0.6 is 39.1 Å². The Morgan fingerprint density at radius 1 is 1.19 bits per heavy atom. The third-order valence-corrected chi connectivity index (χ3v) is 2.93. The predicted octanol–water partition coefficient (Wildman–Crippen LogP) is 4.50. The summed E-state index contributed by atoms with van der Waals surface area (Å²) in [5.41, 5.74) is 0.640. The molecule has 1 aromatic carbocycles. The van der Waals surface area contributed by atoms with E-state index in [1.165, 1.54) is 0 Å². The molecule has 0 saturated heterocycles. The molecule has 0 aliphatic carbocycles. The molecule has 0 aromatic heterocycles. The number of carbonyl (C=O) groups is 1. The Balaban J connectivity index is 2.49. The Labute approximate surface area is 113 Å². The Morgan fingerprint density at radius 2 is 1.81 bits per heavy atom. The summed E-state index contributed by atoms with van der Waals surface area (Å²) >= 11 is 15.0. The van der Waals surface area contributed by atoms with E-state index in [4.69, 9.17) is 23.2 Å². The van der Waals surface area contributed by atoms with Gasteiger partial charge in [-0.05, 0) is 31.0 Å². The van der Waals surface area contributed by atoms with Crippen LogP contribution < -0.4 is 5.32 Å². The molecular formula is C11H12BrCl2NO. The molecule has 2 nitrogen and oxygen atoms in total. The van der Waals surface area contributed by atoms with E-state index in [0.717, 1.165) is 18.2 Å². The highest BCUT2D eigenvalue weighted by molar-refractivity contribution is 9.09. The number of anilines is 1. The lowest BCUT2D eigenvalue weighted by Gasteiger charge is -2.05. The number of nitrogens with one attached hydrogen (secondary N) is 1. The minimum absolute atomic E-state index is 0.0146. The average molecular weight is 325 g/mol. The van der Waals surface area contributed by atoms with Crippen molar-refractivity contribution >= 4 is 50.7 Å². The zero-order valence-corrected chi connectivity index (χ0v) is 11.7. The molecule has 0 radical (unpaired) electrons. The molecule has 0 spiro atoms. The molecular weight excluding hydrogens is 313 g/mol. The number of rotatable bonds is 5. The van der Waals surface area contributed by atoms with Gasteiger partial charge in [0.25, 0.3) is 0 Å². The van der Waals surface area contributed by atoms with Crippen molar-refractivity contribution in [3.63, 3.8) is 0 Å². The molecule has 0 atom stereocenters. The third-order valence-electron chi connectivity index (χ3n) is 1.93. The number of benzene rings is 1. The normalized spacial score (nSPS) is 10.2. The summed E-state index contributed by atoms with van der Waals surface area (Å²) in [6.07, 6.45) is 2.37. The van der Waals surface area contributed by atoms with Gasteiger partial charge in [0, 0.05) is 27.5 Å². The summed E-state index contributed by atoms with van der Waals surface area (Å²) in [5.74, 6) is -0.0146. The van der Waals surface area contributed by atoms with Gasteiger partial charge >= 0.3 is 0 Å². The van der Waals surface area contributed by atoms with Crippen molar-refractivity contribution < 1.29 is 4.79 Å². The van der Waals surface area contributed by atoms with E-state index in [1.807, 2.05) is 0 Å². The van der Waals surface area contributed by atoms with Crippen molar-refractivity contribution in [3.8, 4) is 0 Å². The van der Waals surface area contributed by atoms with Crippen molar-refractivity contribution in [2.75, 3.05) is 10.6 Å². The second-order valence-electron chi connectivity index (χ2n) is 3.35. The smallest absolute Gasteiger partial charge is 0.224 e. The van der Waals surface area contributed by atoms with Gasteiger partial charge in [0.2, 0.25) is 5.91 Å². The summed E-state index contributed by atoms with van der Waals surface area (Å²) < 4.78 is 0. The van der Waals surface area contributed by atoms with Gasteiger partial charge in [-0.15, -0.1) is 0 Å². The Hall–Kier alpha value is -0.250. The van der Waals surface area contributed by atoms with E-state index < -0.39 is 0 Å². The molecule has 0 saturated carbocycles. The number of unbranched alkanes of at least 4 members (excludes halogenated alkanes) is 1. The summed E-state index contributed by atoms with van der Waals surface area (Å²) in [6, 6.07) is 4.98. The van der Waals surface area contributed by atoms with E-state index in [0.29, 0.717) is 22.2 Å². The standard InChI is InChI=1S/C11H12BrCl2NO/c12-4-2-1-3-11(16)15-10-6-8(13)5-9(14)7-10/h5-7H,1-4H2,(H,15,16). The highest BCUT2D eigenvalue weighted by Crippen LogP contribution is 2.22. The van der Waals surface area contributed by atoms with Gasteiger partial charge in [0.15, 0.2) is 0 Å². The molecule has 0 aliphatic heterocycles. The van der Waals surface area contributed by atoms with Crippen LogP contribution in [0.2, 0.25) is 10.0 Å². The molecule has 0 fully saturated rings. The van der Waals surface area contributed by atoms with Crippen LogP contribution in [0.4, 0.5) is 5.69 Å². The molecule has 1 rings (SSSR count). The largest absolute Gasteiger partial charge is 0.326 e. The number of hydrogen-bond donors (Lipinski definition) is 1. The molecule has 5 heteroatoms. The van der Waals surface area contributed by atoms with Crippen molar-refractivity contribution in [1.82, 2.24) is 0 Å². The van der Waals surface area contributed by atoms with Crippen LogP contribution in [-0.2, 0) is 4.79 Å². The summed E-state index contributed by atoms with van der Waals surface area (Å²) in [7, 11) is 0. The van der Waals surface area contributed by atoms with E-state index >= 15 is 0 Å². The Bertz CT molecular complexity index is 351. The van der Waals surface area contributed by atoms with Gasteiger partial charge in [-0.3, -0.25) is 4.79 Å². The van der Waals surface area contributed by atoms with Crippen LogP contribution in [0.5, 0.6) is 0 Å². The highest BCUT2D eigenvalue weighted by atomic mass is 79.9. The maximum Gasteiger partial charge on any atom is 0.224 e. The topological polar surface area (TPSA) is 29.1 Å². The zero-order chi connectivity index (χ0) is 12.0. The predicted molar refractivity (Wildman–Crippen MR) is 72.7 cm³/mol. The molecule has 0 unspecified atom stereocenters. The fraction of sp³-hybridized carbons (Fsp3) is 0.364. The van der Waals surface area contributed by atoms with Gasteiger partial charge < -0.3 is 5.32 Å². The first kappa shape index (κ1) is 13.8. The van der Waals surface area contributed by atoms with Crippen molar-refractivity contribution in [2.45, 2.75) is 19.3 Å². The second-order valence-corrected chi connectivity index (χ2v) is 5.02. The van der Waals surface area contributed by atoms with Crippen LogP contribution in [-0.4, -0.2) is 11.2 Å². The van der Waals surface area contributed by atoms with Crippen LogP contribution in [0, 0.1) is 0 Å². The van der Waals surface area contributed by atoms with Crippen molar-refractivity contribution in [1.29, 1.82) is 0 Å². The van der Waals surface area contributed by atoms with Crippen molar-refractivity contribution in [3.05, 3.63) is 28.2 Å². The molecule has 0 heterocycles. The number of alkyl halides is 1. The fourth-order valence-electron chi connectivity index (χ4n) is 1.23. The molecule has 0 bridgehead atoms. The lowest BCUT2D eigenvalue weighted by Crippen LogP contribution is -2.11. The Kier molecular flexibility index (Phi) is 6.17. The summed E-state index contributed by atoms with van der Waals surface area (Å²) in [4.78, 5) is 11.5. The molecule has 1 amide bonds. The summed E-state index contributed by atoms with van der Waals surface area (Å²) in [6.45, 7) is 0. The lowest BCUT2D eigenvalue weighted by molar-refractivity contribution is -0.116. The minimum atomic E-state index is -0.0146. The van der Waals surface area contributed by atoms with Gasteiger partial charge in [0.05, 0.1) is 0 Å². The van der Waals surface area contributed by atoms with E-state index in [2.05, 4.69) is 21.2 Å². The zero-order valence-electron chi connectivity index (χ0n) is 8.60. The first-order valence-electron chi connectivity index (χ1n) is 4.93. The first-order valence-corrected chi connectivity index (χ1v) is 6.81. The molecule has 0 aliphatic rings. The van der Waals surface area contributed by atoms with Gasteiger partial charge in [-0.25, -0.2) is 0 Å². The van der Waals surface area contributed by atoms with Crippen LogP contribution in [0.3, 0.4) is 0 Å². The number of hydrogen-bond acceptors (Lipinski definition) is 1. The molecule has 1 aromatic rings. The van der Waals surface area contributed by atoms with E-state index in [-0.39, 0.29) is 5.91 Å². The van der Waals surface area contributed by atoms with Crippen LogP contribution in [0.15, 0.2) is 18.2 Å². The average Bonchev–Trinajstić information content (AvgIpc) is 2.16. The Morgan fingerprint density at radius 3 is 2.38 bits per heavy atom. The second kappa shape index (κ2) is 7.15. The molecule has 16 heavy (non-hydrogen) atoms. The maximum atomic E-state index is 11.5. The summed E-state index contributed by atoms with van der Waals surface area (Å²) in [5, 5.41) is 4.71. The first-order chi connectivity index (χ1) is 7.61. The highest BCUT2D eigenvalue weighted by Gasteiger charge is 2.03. The fourth-order valence-corrected chi connectivity index (χ4v) is 2.15. The van der Waals surface area contributed by atoms with Crippen LogP contribution in [0.25, 0.3) is 0 Å². The third kappa shape index (κ3) is 5.19. The molecule has 88 valence electrons. The lowest BCUT2D eigenvalue weighted by atomic mass is 10.2. The van der Waals surface area contributed by atoms with Gasteiger partial charge in [0.1, 0.15) is 0 Å². The monoisotopic (exact) mass is 323 g/mol. The number of amides is 1. The SMILES string of the molecule is O=C(CCCCBr)Nc1cc(Cl)cc(Cl)c1. The van der Waals surface area contributed by atoms with Gasteiger partial charge in [-0.2, -0.15) is 0 Å². The molecule has 1 N–H and O–H groups in total. The van der Waals surface area contributed by atoms with E-state index in [1.54, 1.807) is 18.2 Å². The van der Waals surface area contributed by atoms with E-state index in [9.17, 15) is 4.79 Å². The van der Waals surface area contributed by atoms with Gasteiger partial charge in [-0.1, -0.05) is 39.1 Å². The number of carbonyl (C=O) groups excluding carboxylic acids is 1. The van der Waals surface area contributed by atoms with Crippen molar-refractivity contribution in [2.24, 2.45) is 0 Å². The van der Waals surface area contributed by atoms with Crippen LogP contribution in [0.1, 0.15) is 19.3 Å². The quantitative estimate of drug-likeness (QED) is 0.627. The maximum absolute atomic E-state index is 11.5. The minimum Gasteiger partial charge on any atom is -0.326 e. The number of halogens is 3.